The zero-order chi connectivity index (χ0) is 20.5. The van der Waals surface area contributed by atoms with E-state index in [1.54, 1.807) is 11.3 Å². The van der Waals surface area contributed by atoms with Gasteiger partial charge in [-0.25, -0.2) is 4.98 Å². The molecule has 0 fully saturated rings. The van der Waals surface area contributed by atoms with Gasteiger partial charge in [0.25, 0.3) is 5.91 Å². The molecule has 0 saturated heterocycles. The molecule has 0 aliphatic rings. The van der Waals surface area contributed by atoms with Gasteiger partial charge in [0.05, 0.1) is 38.4 Å². The van der Waals surface area contributed by atoms with E-state index in [9.17, 15) is 4.79 Å². The van der Waals surface area contributed by atoms with Gasteiger partial charge in [0.15, 0.2) is 4.80 Å². The molecule has 0 radical (unpaired) electrons. The van der Waals surface area contributed by atoms with Crippen LogP contribution in [0.15, 0.2) is 77.1 Å². The van der Waals surface area contributed by atoms with Gasteiger partial charge in [-0.05, 0) is 35.7 Å². The van der Waals surface area contributed by atoms with E-state index >= 15 is 0 Å². The second-order valence-electron chi connectivity index (χ2n) is 6.61. The van der Waals surface area contributed by atoms with Gasteiger partial charge in [0.1, 0.15) is 0 Å². The topological polar surface area (TPSA) is 47.2 Å². The monoisotopic (exact) mass is 425 g/mol. The number of thiophene rings is 1. The number of para-hydroxylation sites is 2. The predicted octanol–water partition coefficient (Wildman–Crippen LogP) is 5.35. The summed E-state index contributed by atoms with van der Waals surface area (Å²) in [5.74, 6) is 2.36. The number of fused-ring (bicyclic) bond motifs is 2. The van der Waals surface area contributed by atoms with Crippen LogP contribution in [0.2, 0.25) is 0 Å². The number of terminal acetylenes is 1. The molecule has 2 aromatic carbocycles. The first-order valence-corrected chi connectivity index (χ1v) is 11.0. The molecule has 0 aliphatic carbocycles. The molecule has 5 aromatic rings. The van der Waals surface area contributed by atoms with Crippen LogP contribution in [0, 0.1) is 12.3 Å². The highest BCUT2D eigenvalue weighted by molar-refractivity contribution is 7.16. The predicted molar refractivity (Wildman–Crippen MR) is 124 cm³/mol. The van der Waals surface area contributed by atoms with Crippen molar-refractivity contribution in [1.82, 2.24) is 9.55 Å². The molecule has 0 atom stereocenters. The lowest BCUT2D eigenvalue weighted by Crippen LogP contribution is -2.16. The Labute approximate surface area is 180 Å². The molecule has 144 valence electrons. The number of benzene rings is 2. The van der Waals surface area contributed by atoms with E-state index < -0.39 is 0 Å². The lowest BCUT2D eigenvalue weighted by atomic mass is 10.1. The Kier molecular flexibility index (Phi) is 4.75. The molecule has 6 heteroatoms. The maximum atomic E-state index is 13.3. The van der Waals surface area contributed by atoms with Crippen LogP contribution in [0.25, 0.3) is 31.7 Å². The Balaban J connectivity index is 1.72. The number of nitrogens with zero attached hydrogens (tertiary/aromatic N) is 3. The van der Waals surface area contributed by atoms with Crippen LogP contribution in [0.4, 0.5) is 0 Å². The second-order valence-corrected chi connectivity index (χ2v) is 8.57. The first-order valence-electron chi connectivity index (χ1n) is 9.29. The first kappa shape index (κ1) is 18.5. The minimum atomic E-state index is -0.302. The van der Waals surface area contributed by atoms with Gasteiger partial charge in [-0.15, -0.1) is 17.8 Å². The minimum absolute atomic E-state index is 0.302. The van der Waals surface area contributed by atoms with Gasteiger partial charge >= 0.3 is 0 Å². The zero-order valence-corrected chi connectivity index (χ0v) is 17.4. The highest BCUT2D eigenvalue weighted by Gasteiger charge is 2.15. The molecule has 4 nitrogen and oxygen atoms in total. The van der Waals surface area contributed by atoms with Crippen molar-refractivity contribution < 1.29 is 4.79 Å². The smallest absolute Gasteiger partial charge is 0.280 e. The molecule has 3 heterocycles. The molecule has 1 amide bonds. The van der Waals surface area contributed by atoms with E-state index in [1.807, 2.05) is 76.7 Å². The highest BCUT2D eigenvalue weighted by atomic mass is 32.1. The summed E-state index contributed by atoms with van der Waals surface area (Å²) in [6.45, 7) is 0.355. The Morgan fingerprint density at radius 3 is 2.77 bits per heavy atom. The average Bonchev–Trinajstić information content (AvgIpc) is 3.42. The molecule has 5 rings (SSSR count). The molecule has 0 spiro atoms. The van der Waals surface area contributed by atoms with E-state index in [0.29, 0.717) is 16.9 Å². The van der Waals surface area contributed by atoms with Gasteiger partial charge in [-0.2, -0.15) is 4.99 Å². The van der Waals surface area contributed by atoms with Gasteiger partial charge in [-0.3, -0.25) is 4.79 Å². The summed E-state index contributed by atoms with van der Waals surface area (Å²) in [7, 11) is 0. The molecule has 0 N–H and O–H groups in total. The third kappa shape index (κ3) is 3.24. The van der Waals surface area contributed by atoms with Crippen molar-refractivity contribution in [3.8, 4) is 22.9 Å². The third-order valence-electron chi connectivity index (χ3n) is 4.76. The summed E-state index contributed by atoms with van der Waals surface area (Å²) in [4.78, 5) is 24.2. The summed E-state index contributed by atoms with van der Waals surface area (Å²) >= 11 is 3.05. The first-order chi connectivity index (χ1) is 14.7. The Hall–Kier alpha value is -3.53. The van der Waals surface area contributed by atoms with Crippen LogP contribution in [-0.4, -0.2) is 15.5 Å². The van der Waals surface area contributed by atoms with Crippen molar-refractivity contribution in [1.29, 1.82) is 0 Å². The quantitative estimate of drug-likeness (QED) is 0.366. The number of hydrogen-bond donors (Lipinski definition) is 0. The number of aromatic nitrogens is 2. The SMILES string of the molecule is C#CCn1c(=NC(=O)c2cc(-c3cccs3)nc3ccccc23)sc2ccccc21. The molecule has 30 heavy (non-hydrogen) atoms. The fourth-order valence-electron chi connectivity index (χ4n) is 3.40. The Morgan fingerprint density at radius 1 is 1.10 bits per heavy atom. The number of pyridine rings is 1. The average molecular weight is 426 g/mol. The maximum absolute atomic E-state index is 13.3. The number of amides is 1. The molecule has 3 aromatic heterocycles. The van der Waals surface area contributed by atoms with Gasteiger partial charge < -0.3 is 4.57 Å². The van der Waals surface area contributed by atoms with Crippen LogP contribution in [0.3, 0.4) is 0 Å². The zero-order valence-electron chi connectivity index (χ0n) is 15.8. The van der Waals surface area contributed by atoms with Crippen LogP contribution < -0.4 is 4.80 Å². The van der Waals surface area contributed by atoms with E-state index in [0.717, 1.165) is 31.7 Å². The third-order valence-corrected chi connectivity index (χ3v) is 6.71. The number of hydrogen-bond acceptors (Lipinski definition) is 4. The van der Waals surface area contributed by atoms with Crippen LogP contribution in [-0.2, 0) is 6.54 Å². The van der Waals surface area contributed by atoms with E-state index in [4.69, 9.17) is 11.4 Å². The fraction of sp³-hybridized carbons (Fsp3) is 0.0417. The molecular formula is C24H15N3OS2. The van der Waals surface area contributed by atoms with Crippen molar-refractivity contribution in [2.45, 2.75) is 6.54 Å². The normalized spacial score (nSPS) is 11.8. The van der Waals surface area contributed by atoms with Crippen molar-refractivity contribution in [2.75, 3.05) is 0 Å². The maximum Gasteiger partial charge on any atom is 0.280 e. The molecular weight excluding hydrogens is 410 g/mol. The van der Waals surface area contributed by atoms with E-state index in [2.05, 4.69) is 10.9 Å². The Bertz CT molecular complexity index is 1500. The van der Waals surface area contributed by atoms with E-state index in [1.165, 1.54) is 11.3 Å². The summed E-state index contributed by atoms with van der Waals surface area (Å²) in [5.41, 5.74) is 3.06. The minimum Gasteiger partial charge on any atom is -0.305 e. The van der Waals surface area contributed by atoms with Crippen molar-refractivity contribution in [3.63, 3.8) is 0 Å². The number of rotatable bonds is 3. The van der Waals surface area contributed by atoms with E-state index in [-0.39, 0.29) is 5.91 Å². The van der Waals surface area contributed by atoms with Gasteiger partial charge in [-0.1, -0.05) is 53.7 Å². The molecule has 0 bridgehead atoms. The van der Waals surface area contributed by atoms with Crippen molar-refractivity contribution in [3.05, 3.63) is 82.5 Å². The lowest BCUT2D eigenvalue weighted by Gasteiger charge is -2.06. The summed E-state index contributed by atoms with van der Waals surface area (Å²) < 4.78 is 2.94. The second kappa shape index (κ2) is 7.71. The number of carbonyl (C=O) groups excluding carboxylic acids is 1. The Morgan fingerprint density at radius 2 is 1.93 bits per heavy atom. The molecule has 0 saturated carbocycles. The lowest BCUT2D eigenvalue weighted by molar-refractivity contribution is 0.0999. The van der Waals surface area contributed by atoms with Crippen LogP contribution >= 0.6 is 22.7 Å². The highest BCUT2D eigenvalue weighted by Crippen LogP contribution is 2.28. The fourth-order valence-corrected chi connectivity index (χ4v) is 5.11. The summed E-state index contributed by atoms with van der Waals surface area (Å²) in [6.07, 6.45) is 5.57. The van der Waals surface area contributed by atoms with Crippen LogP contribution in [0.5, 0.6) is 0 Å². The number of carbonyl (C=O) groups is 1. The molecule has 0 aliphatic heterocycles. The molecule has 0 unspecified atom stereocenters. The van der Waals surface area contributed by atoms with Gasteiger partial charge in [0.2, 0.25) is 0 Å². The van der Waals surface area contributed by atoms with Crippen molar-refractivity contribution in [2.24, 2.45) is 4.99 Å². The summed E-state index contributed by atoms with van der Waals surface area (Å²) in [5, 5.41) is 2.79. The van der Waals surface area contributed by atoms with Crippen molar-refractivity contribution >= 4 is 49.7 Å². The summed E-state index contributed by atoms with van der Waals surface area (Å²) in [6, 6.07) is 21.4. The van der Waals surface area contributed by atoms with Crippen LogP contribution in [0.1, 0.15) is 10.4 Å². The standard InChI is InChI=1S/C24H15N3OS2/c1-2-13-27-20-10-5-6-11-22(20)30-24(27)26-23(28)17-15-19(21-12-7-14-29-21)25-18-9-4-3-8-16(17)18/h1,3-12,14-15H,13H2. The largest absolute Gasteiger partial charge is 0.305 e. The number of thiazole rings is 1. The van der Waals surface area contributed by atoms with Gasteiger partial charge in [0, 0.05) is 5.39 Å².